The highest BCUT2D eigenvalue weighted by Crippen LogP contribution is 2.34. The van der Waals surface area contributed by atoms with Crippen molar-refractivity contribution in [3.8, 4) is 22.3 Å². The van der Waals surface area contributed by atoms with E-state index in [1.165, 1.54) is 22.3 Å². The molecule has 0 radical (unpaired) electrons. The molecule has 3 aromatic rings. The van der Waals surface area contributed by atoms with Gasteiger partial charge < -0.3 is 0 Å². The van der Waals surface area contributed by atoms with E-state index in [0.29, 0.717) is 0 Å². The van der Waals surface area contributed by atoms with Crippen molar-refractivity contribution in [3.05, 3.63) is 78.6 Å². The molecule has 0 bridgehead atoms. The fourth-order valence-electron chi connectivity index (χ4n) is 2.57. The van der Waals surface area contributed by atoms with Crippen molar-refractivity contribution < 1.29 is 0 Å². The van der Waals surface area contributed by atoms with E-state index in [-0.39, 0.29) is 5.41 Å². The predicted molar refractivity (Wildman–Crippen MR) is 93.8 cm³/mol. The van der Waals surface area contributed by atoms with Gasteiger partial charge in [0.1, 0.15) is 0 Å². The molecule has 1 heterocycles. The summed E-state index contributed by atoms with van der Waals surface area (Å²) in [5.74, 6) is 0. The second kappa shape index (κ2) is 5.76. The normalized spacial score (nSPS) is 11.4. The standard InChI is InChI=1S/C21H21N/c1-21(2,3)20-14-18(16-10-6-4-7-11-16)19(15-22-20)17-12-8-5-9-13-17/h4-15H,1-3H3. The van der Waals surface area contributed by atoms with Crippen LogP contribution in [0.25, 0.3) is 22.3 Å². The number of rotatable bonds is 2. The first-order valence-electron chi connectivity index (χ1n) is 7.67. The molecule has 22 heavy (non-hydrogen) atoms. The van der Waals surface area contributed by atoms with Crippen LogP contribution in [0.15, 0.2) is 72.9 Å². The van der Waals surface area contributed by atoms with Crippen molar-refractivity contribution in [3.63, 3.8) is 0 Å². The van der Waals surface area contributed by atoms with Crippen molar-refractivity contribution in [2.45, 2.75) is 26.2 Å². The molecule has 0 saturated carbocycles. The minimum atomic E-state index is 0.0404. The summed E-state index contributed by atoms with van der Waals surface area (Å²) in [6.45, 7) is 6.60. The third-order valence-corrected chi connectivity index (χ3v) is 3.84. The summed E-state index contributed by atoms with van der Waals surface area (Å²) in [5.41, 5.74) is 6.01. The highest BCUT2D eigenvalue weighted by molar-refractivity contribution is 5.83. The van der Waals surface area contributed by atoms with Gasteiger partial charge >= 0.3 is 0 Å². The van der Waals surface area contributed by atoms with Crippen molar-refractivity contribution >= 4 is 0 Å². The zero-order valence-electron chi connectivity index (χ0n) is 13.4. The van der Waals surface area contributed by atoms with Crippen LogP contribution >= 0.6 is 0 Å². The molecule has 0 aliphatic carbocycles. The van der Waals surface area contributed by atoms with E-state index in [9.17, 15) is 0 Å². The second-order valence-electron chi connectivity index (χ2n) is 6.60. The Labute approximate surface area is 132 Å². The third kappa shape index (κ3) is 2.94. The first-order valence-corrected chi connectivity index (χ1v) is 7.67. The van der Waals surface area contributed by atoms with Crippen LogP contribution in [0.5, 0.6) is 0 Å². The van der Waals surface area contributed by atoms with Gasteiger partial charge in [0.15, 0.2) is 0 Å². The molecule has 110 valence electrons. The summed E-state index contributed by atoms with van der Waals surface area (Å²) in [5, 5.41) is 0. The molecule has 3 rings (SSSR count). The lowest BCUT2D eigenvalue weighted by Crippen LogP contribution is -2.13. The summed E-state index contributed by atoms with van der Waals surface area (Å²) in [7, 11) is 0. The van der Waals surface area contributed by atoms with Crippen LogP contribution in [0.2, 0.25) is 0 Å². The molecule has 0 atom stereocenters. The van der Waals surface area contributed by atoms with Crippen molar-refractivity contribution in [2.75, 3.05) is 0 Å². The van der Waals surface area contributed by atoms with Gasteiger partial charge in [-0.2, -0.15) is 0 Å². The average molecular weight is 287 g/mol. The Balaban J connectivity index is 2.23. The molecule has 0 spiro atoms. The Kier molecular flexibility index (Phi) is 3.81. The SMILES string of the molecule is CC(C)(C)c1cc(-c2ccccc2)c(-c2ccccc2)cn1. The summed E-state index contributed by atoms with van der Waals surface area (Å²) >= 11 is 0. The topological polar surface area (TPSA) is 12.9 Å². The molecule has 0 unspecified atom stereocenters. The maximum Gasteiger partial charge on any atom is 0.0463 e. The van der Waals surface area contributed by atoms with E-state index in [0.717, 1.165) is 5.69 Å². The highest BCUT2D eigenvalue weighted by Gasteiger charge is 2.18. The van der Waals surface area contributed by atoms with Gasteiger partial charge in [-0.15, -0.1) is 0 Å². The Morgan fingerprint density at radius 1 is 0.682 bits per heavy atom. The van der Waals surface area contributed by atoms with Crippen LogP contribution in [0.4, 0.5) is 0 Å². The number of benzene rings is 2. The lowest BCUT2D eigenvalue weighted by molar-refractivity contribution is 0.569. The van der Waals surface area contributed by atoms with Crippen LogP contribution in [-0.4, -0.2) is 4.98 Å². The first-order chi connectivity index (χ1) is 10.6. The van der Waals surface area contributed by atoms with E-state index in [4.69, 9.17) is 4.98 Å². The van der Waals surface area contributed by atoms with Crippen LogP contribution in [0, 0.1) is 0 Å². The van der Waals surface area contributed by atoms with Gasteiger partial charge in [-0.1, -0.05) is 81.4 Å². The molecule has 2 aromatic carbocycles. The maximum absolute atomic E-state index is 4.71. The highest BCUT2D eigenvalue weighted by atomic mass is 14.7. The lowest BCUT2D eigenvalue weighted by Gasteiger charge is -2.20. The van der Waals surface area contributed by atoms with E-state index in [2.05, 4.69) is 81.4 Å². The molecule has 0 amide bonds. The number of hydrogen-bond donors (Lipinski definition) is 0. The minimum absolute atomic E-state index is 0.0404. The van der Waals surface area contributed by atoms with Crippen molar-refractivity contribution in [1.29, 1.82) is 0 Å². The lowest BCUT2D eigenvalue weighted by atomic mass is 9.87. The minimum Gasteiger partial charge on any atom is -0.260 e. The average Bonchev–Trinajstić information content (AvgIpc) is 2.55. The number of hydrogen-bond acceptors (Lipinski definition) is 1. The van der Waals surface area contributed by atoms with E-state index in [1.807, 2.05) is 12.3 Å². The number of aromatic nitrogens is 1. The Bertz CT molecular complexity index is 753. The van der Waals surface area contributed by atoms with Gasteiger partial charge in [0.2, 0.25) is 0 Å². The van der Waals surface area contributed by atoms with Crippen molar-refractivity contribution in [2.24, 2.45) is 0 Å². The van der Waals surface area contributed by atoms with Gasteiger partial charge in [0.25, 0.3) is 0 Å². The molecule has 1 aromatic heterocycles. The quantitative estimate of drug-likeness (QED) is 0.588. The Hall–Kier alpha value is -2.41. The van der Waals surface area contributed by atoms with Crippen LogP contribution in [0.3, 0.4) is 0 Å². The number of nitrogens with zero attached hydrogens (tertiary/aromatic N) is 1. The Morgan fingerprint density at radius 2 is 1.18 bits per heavy atom. The second-order valence-corrected chi connectivity index (χ2v) is 6.60. The molecule has 0 N–H and O–H groups in total. The molecule has 0 fully saturated rings. The zero-order chi connectivity index (χ0) is 15.6. The molecular formula is C21H21N. The Morgan fingerprint density at radius 3 is 1.68 bits per heavy atom. The first kappa shape index (κ1) is 14.5. The fourth-order valence-corrected chi connectivity index (χ4v) is 2.57. The van der Waals surface area contributed by atoms with E-state index in [1.54, 1.807) is 0 Å². The summed E-state index contributed by atoms with van der Waals surface area (Å²) < 4.78 is 0. The molecule has 1 heteroatoms. The van der Waals surface area contributed by atoms with Crippen LogP contribution < -0.4 is 0 Å². The molecule has 0 saturated heterocycles. The van der Waals surface area contributed by atoms with Gasteiger partial charge in [0, 0.05) is 22.9 Å². The molecule has 0 aliphatic heterocycles. The molecule has 1 nitrogen and oxygen atoms in total. The third-order valence-electron chi connectivity index (χ3n) is 3.84. The van der Waals surface area contributed by atoms with E-state index < -0.39 is 0 Å². The van der Waals surface area contributed by atoms with Crippen LogP contribution in [0.1, 0.15) is 26.5 Å². The zero-order valence-corrected chi connectivity index (χ0v) is 13.4. The summed E-state index contributed by atoms with van der Waals surface area (Å²) in [6, 6.07) is 23.2. The predicted octanol–water partition coefficient (Wildman–Crippen LogP) is 5.71. The van der Waals surface area contributed by atoms with Crippen LogP contribution in [-0.2, 0) is 5.41 Å². The monoisotopic (exact) mass is 287 g/mol. The van der Waals surface area contributed by atoms with E-state index >= 15 is 0 Å². The van der Waals surface area contributed by atoms with Crippen molar-refractivity contribution in [1.82, 2.24) is 4.98 Å². The number of pyridine rings is 1. The fraction of sp³-hybridized carbons (Fsp3) is 0.190. The van der Waals surface area contributed by atoms with Gasteiger partial charge in [-0.25, -0.2) is 0 Å². The maximum atomic E-state index is 4.71. The smallest absolute Gasteiger partial charge is 0.0463 e. The summed E-state index contributed by atoms with van der Waals surface area (Å²) in [4.78, 5) is 4.71. The molecule has 0 aliphatic rings. The van der Waals surface area contributed by atoms with Gasteiger partial charge in [-0.3, -0.25) is 4.98 Å². The van der Waals surface area contributed by atoms with Gasteiger partial charge in [0.05, 0.1) is 0 Å². The van der Waals surface area contributed by atoms with Gasteiger partial charge in [-0.05, 0) is 22.8 Å². The summed E-state index contributed by atoms with van der Waals surface area (Å²) in [6.07, 6.45) is 2.01. The largest absolute Gasteiger partial charge is 0.260 e. The molecular weight excluding hydrogens is 266 g/mol.